The minimum absolute atomic E-state index is 0.0893. The summed E-state index contributed by atoms with van der Waals surface area (Å²) in [6.45, 7) is 3.75. The highest BCUT2D eigenvalue weighted by molar-refractivity contribution is 7.80. The fraction of sp³-hybridized carbons (Fsp3) is 0.320. The van der Waals surface area contributed by atoms with Crippen molar-refractivity contribution in [2.24, 2.45) is 0 Å². The number of hydrogen-bond acceptors (Lipinski definition) is 6. The van der Waals surface area contributed by atoms with Gasteiger partial charge in [0.2, 0.25) is 5.88 Å². The maximum atomic E-state index is 13.6. The van der Waals surface area contributed by atoms with E-state index in [1.807, 2.05) is 6.92 Å². The zero-order valence-electron chi connectivity index (χ0n) is 19.6. The molecule has 2 aliphatic rings. The van der Waals surface area contributed by atoms with Crippen molar-refractivity contribution in [3.63, 3.8) is 0 Å². The quantitative estimate of drug-likeness (QED) is 0.391. The highest BCUT2D eigenvalue weighted by Crippen LogP contribution is 2.36. The van der Waals surface area contributed by atoms with Crippen LogP contribution in [0.15, 0.2) is 36.5 Å². The summed E-state index contributed by atoms with van der Waals surface area (Å²) in [5.74, 6) is -0.292. The van der Waals surface area contributed by atoms with Crippen molar-refractivity contribution in [3.05, 3.63) is 63.4 Å². The van der Waals surface area contributed by atoms with Crippen LogP contribution in [0.1, 0.15) is 59.0 Å². The minimum Gasteiger partial charge on any atom is -0.473 e. The predicted octanol–water partition coefficient (Wildman–Crippen LogP) is 5.33. The summed E-state index contributed by atoms with van der Waals surface area (Å²) in [5.41, 5.74) is 1.19. The number of pyridine rings is 1. The number of aryl methyl sites for hydroxylation is 1. The lowest BCUT2D eigenvalue weighted by molar-refractivity contribution is 0.0936. The number of nitrogens with one attached hydrogen (secondary N) is 2. The summed E-state index contributed by atoms with van der Waals surface area (Å²) in [6.07, 6.45) is 4.59. The summed E-state index contributed by atoms with van der Waals surface area (Å²) in [5, 5.41) is 11.0. The van der Waals surface area contributed by atoms with Crippen molar-refractivity contribution in [1.82, 2.24) is 20.1 Å². The first-order chi connectivity index (χ1) is 17.1. The molecule has 2 amide bonds. The molecule has 2 heterocycles. The highest BCUT2D eigenvalue weighted by atomic mass is 35.5. The Morgan fingerprint density at radius 1 is 1.19 bits per heavy atom. The van der Waals surface area contributed by atoms with E-state index in [1.165, 1.54) is 10.7 Å². The van der Waals surface area contributed by atoms with Crippen LogP contribution in [0, 0.1) is 6.92 Å². The average molecular weight is 544 g/mol. The van der Waals surface area contributed by atoms with Gasteiger partial charge in [0.1, 0.15) is 11.8 Å². The molecular formula is C25H23Cl2N5O3S. The highest BCUT2D eigenvalue weighted by Gasteiger charge is 2.39. The van der Waals surface area contributed by atoms with Gasteiger partial charge in [-0.05, 0) is 56.5 Å². The molecule has 0 saturated heterocycles. The Bertz CT molecular complexity index is 1390. The molecule has 36 heavy (non-hydrogen) atoms. The molecule has 186 valence electrons. The normalized spacial score (nSPS) is 16.3. The second-order valence-corrected chi connectivity index (χ2v) is 10.8. The molecule has 1 aromatic carbocycles. The van der Waals surface area contributed by atoms with Crippen LogP contribution in [0.4, 0.5) is 5.69 Å². The molecule has 0 aliphatic heterocycles. The first-order valence-corrected chi connectivity index (χ1v) is 12.6. The van der Waals surface area contributed by atoms with Crippen molar-refractivity contribution in [1.29, 1.82) is 0 Å². The molecule has 0 bridgehead atoms. The molecule has 0 spiro atoms. The SMILES string of the molecule is Cc1cc(Cl)cc(C(=O)NC2(C)CC2)c1NC(=O)c1cc(OC2CC(=S)C2)nn1-c1ncccc1Cl. The maximum Gasteiger partial charge on any atom is 0.274 e. The fourth-order valence-electron chi connectivity index (χ4n) is 3.90. The number of benzene rings is 1. The van der Waals surface area contributed by atoms with Crippen LogP contribution < -0.4 is 15.4 Å². The Labute approximate surface area is 223 Å². The van der Waals surface area contributed by atoms with E-state index in [9.17, 15) is 9.59 Å². The maximum absolute atomic E-state index is 13.6. The van der Waals surface area contributed by atoms with Crippen LogP contribution >= 0.6 is 35.4 Å². The van der Waals surface area contributed by atoms with Crippen LogP contribution in [0.5, 0.6) is 5.88 Å². The van der Waals surface area contributed by atoms with E-state index in [2.05, 4.69) is 20.7 Å². The van der Waals surface area contributed by atoms with Gasteiger partial charge in [-0.25, -0.2) is 9.67 Å². The lowest BCUT2D eigenvalue weighted by Crippen LogP contribution is -2.35. The van der Waals surface area contributed by atoms with Gasteiger partial charge >= 0.3 is 0 Å². The second-order valence-electron chi connectivity index (χ2n) is 9.39. The number of hydrogen-bond donors (Lipinski definition) is 2. The van der Waals surface area contributed by atoms with Gasteiger partial charge in [0.15, 0.2) is 5.82 Å². The zero-order valence-corrected chi connectivity index (χ0v) is 21.9. The summed E-state index contributed by atoms with van der Waals surface area (Å²) >= 11 is 17.8. The molecule has 0 radical (unpaired) electrons. The standard InChI is InChI=1S/C25H23Cl2N5O3S/c1-13-8-14(26)9-17(23(33)30-25(2)5-6-25)21(13)29-24(34)19-12-20(35-15-10-16(36)11-15)31-32(19)22-18(27)4-3-7-28-22/h3-4,7-9,12,15H,5-6,10-11H2,1-2H3,(H,29,34)(H,30,33). The third kappa shape index (κ3) is 5.09. The number of aromatic nitrogens is 3. The molecule has 3 aromatic rings. The number of carbonyl (C=O) groups is 2. The number of ether oxygens (including phenoxy) is 1. The molecule has 0 atom stereocenters. The minimum atomic E-state index is -0.514. The molecule has 11 heteroatoms. The van der Waals surface area contributed by atoms with Gasteiger partial charge in [-0.1, -0.05) is 35.4 Å². The lowest BCUT2D eigenvalue weighted by Gasteiger charge is -2.26. The van der Waals surface area contributed by atoms with Crippen molar-refractivity contribution >= 4 is 57.8 Å². The molecule has 0 unspecified atom stereocenters. The summed E-state index contributed by atoms with van der Waals surface area (Å²) < 4.78 is 7.25. The van der Waals surface area contributed by atoms with Crippen LogP contribution in [0.25, 0.3) is 5.82 Å². The van der Waals surface area contributed by atoms with Crippen molar-refractivity contribution in [2.45, 2.75) is 51.2 Å². The van der Waals surface area contributed by atoms with Crippen LogP contribution in [-0.2, 0) is 0 Å². The van der Waals surface area contributed by atoms with Gasteiger partial charge in [0.05, 0.1) is 16.3 Å². The monoisotopic (exact) mass is 543 g/mol. The summed E-state index contributed by atoms with van der Waals surface area (Å²) in [4.78, 5) is 31.9. The van der Waals surface area contributed by atoms with E-state index in [0.29, 0.717) is 34.1 Å². The van der Waals surface area contributed by atoms with Crippen LogP contribution in [0.3, 0.4) is 0 Å². The second kappa shape index (κ2) is 9.46. The summed E-state index contributed by atoms with van der Waals surface area (Å²) in [7, 11) is 0. The smallest absolute Gasteiger partial charge is 0.274 e. The van der Waals surface area contributed by atoms with E-state index in [0.717, 1.165) is 17.7 Å². The zero-order chi connectivity index (χ0) is 25.6. The first-order valence-electron chi connectivity index (χ1n) is 11.5. The molecule has 2 saturated carbocycles. The van der Waals surface area contributed by atoms with Crippen LogP contribution in [0.2, 0.25) is 10.0 Å². The lowest BCUT2D eigenvalue weighted by atomic mass is 9.96. The van der Waals surface area contributed by atoms with Gasteiger partial charge < -0.3 is 15.4 Å². The molecule has 2 aliphatic carbocycles. The molecule has 2 N–H and O–H groups in total. The number of anilines is 1. The number of carbonyl (C=O) groups excluding carboxylic acids is 2. The Morgan fingerprint density at radius 3 is 2.61 bits per heavy atom. The van der Waals surface area contributed by atoms with E-state index < -0.39 is 5.91 Å². The topological polar surface area (TPSA) is 98.1 Å². The molecule has 8 nitrogen and oxygen atoms in total. The molecular weight excluding hydrogens is 521 g/mol. The number of amides is 2. The van der Waals surface area contributed by atoms with Gasteiger partial charge in [0.25, 0.3) is 11.8 Å². The van der Waals surface area contributed by atoms with Crippen molar-refractivity contribution in [2.75, 3.05) is 5.32 Å². The van der Waals surface area contributed by atoms with Gasteiger partial charge in [-0.3, -0.25) is 9.59 Å². The van der Waals surface area contributed by atoms with Gasteiger partial charge in [-0.15, -0.1) is 5.10 Å². The van der Waals surface area contributed by atoms with Gasteiger partial charge in [0, 0.05) is 40.5 Å². The average Bonchev–Trinajstić information content (AvgIpc) is 3.37. The first kappa shape index (κ1) is 24.7. The van der Waals surface area contributed by atoms with E-state index in [-0.39, 0.29) is 40.5 Å². The molecule has 2 aromatic heterocycles. The Hall–Kier alpha value is -3.01. The Balaban J connectivity index is 1.49. The molecule has 2 fully saturated rings. The Morgan fingerprint density at radius 2 is 1.94 bits per heavy atom. The van der Waals surface area contributed by atoms with Crippen molar-refractivity contribution in [3.8, 4) is 11.7 Å². The van der Waals surface area contributed by atoms with Crippen LogP contribution in [-0.4, -0.2) is 43.1 Å². The fourth-order valence-corrected chi connectivity index (χ4v) is 4.74. The molecule has 5 rings (SSSR count). The van der Waals surface area contributed by atoms with E-state index in [4.69, 9.17) is 40.2 Å². The summed E-state index contributed by atoms with van der Waals surface area (Å²) in [6, 6.07) is 8.10. The number of halogens is 2. The predicted molar refractivity (Wildman–Crippen MR) is 142 cm³/mol. The largest absolute Gasteiger partial charge is 0.473 e. The van der Waals surface area contributed by atoms with Crippen molar-refractivity contribution < 1.29 is 14.3 Å². The number of thiocarbonyl (C=S) groups is 1. The Kier molecular flexibility index (Phi) is 6.48. The third-order valence-electron chi connectivity index (χ3n) is 6.26. The van der Waals surface area contributed by atoms with E-state index in [1.54, 1.807) is 37.4 Å². The number of nitrogens with zero attached hydrogens (tertiary/aromatic N) is 3. The van der Waals surface area contributed by atoms with Gasteiger partial charge in [-0.2, -0.15) is 0 Å². The number of rotatable bonds is 7. The third-order valence-corrected chi connectivity index (χ3v) is 7.10. The van der Waals surface area contributed by atoms with E-state index >= 15 is 0 Å².